The first-order valence-electron chi connectivity index (χ1n) is 9.77. The molecule has 0 amide bonds. The number of hydrogen-bond acceptors (Lipinski definition) is 1. The molecule has 0 aliphatic carbocycles. The van der Waals surface area contributed by atoms with Crippen LogP contribution in [0.5, 0.6) is 0 Å². The number of aromatic nitrogens is 1. The lowest BCUT2D eigenvalue weighted by molar-refractivity contribution is 1.09. The molecule has 3 heterocycles. The fraction of sp³-hybridized carbons (Fsp3) is 0.160. The maximum atomic E-state index is 4.61. The van der Waals surface area contributed by atoms with E-state index in [1.165, 1.54) is 60.5 Å². The van der Waals surface area contributed by atoms with Crippen LogP contribution in [-0.2, 0) is 12.8 Å². The highest BCUT2D eigenvalue weighted by molar-refractivity contribution is 6.98. The summed E-state index contributed by atoms with van der Waals surface area (Å²) in [6.45, 7) is 4.91. The van der Waals surface area contributed by atoms with Crippen molar-refractivity contribution >= 4 is 33.9 Å². The Morgan fingerprint density at radius 1 is 0.741 bits per heavy atom. The summed E-state index contributed by atoms with van der Waals surface area (Å²) >= 11 is 0. The lowest BCUT2D eigenvalue weighted by Gasteiger charge is -2.36. The van der Waals surface area contributed by atoms with E-state index in [-0.39, 0.29) is 0 Å². The average Bonchev–Trinajstić information content (AvgIpc) is 2.68. The van der Waals surface area contributed by atoms with Gasteiger partial charge in [0.25, 0.3) is 0 Å². The van der Waals surface area contributed by atoms with Crippen molar-refractivity contribution in [3.8, 4) is 0 Å². The molecule has 1 nitrogen and oxygen atoms in total. The molecule has 2 aliphatic rings. The molecule has 0 fully saturated rings. The zero-order valence-corrected chi connectivity index (χ0v) is 15.7. The molecule has 0 atom stereocenters. The van der Waals surface area contributed by atoms with Crippen LogP contribution in [0.15, 0.2) is 60.9 Å². The lowest BCUT2D eigenvalue weighted by atomic mass is 9.29. The molecule has 128 valence electrons. The number of aryl methyl sites for hydroxylation is 2. The van der Waals surface area contributed by atoms with Crippen molar-refractivity contribution in [1.82, 2.24) is 4.98 Å². The Hall–Kier alpha value is -2.87. The van der Waals surface area contributed by atoms with E-state index in [1.807, 2.05) is 0 Å². The number of pyridine rings is 1. The summed E-state index contributed by atoms with van der Waals surface area (Å²) in [6, 6.07) is 18.0. The highest BCUT2D eigenvalue weighted by atomic mass is 14.6. The Balaban J connectivity index is 1.78. The van der Waals surface area contributed by atoms with Gasteiger partial charge in [0.2, 0.25) is 6.71 Å². The van der Waals surface area contributed by atoms with Crippen LogP contribution >= 0.6 is 0 Å². The molecular weight excluding hydrogens is 325 g/mol. The van der Waals surface area contributed by atoms with Crippen LogP contribution in [0.3, 0.4) is 0 Å². The Labute approximate surface area is 160 Å². The predicted octanol–water partition coefficient (Wildman–Crippen LogP) is 3.18. The quantitative estimate of drug-likeness (QED) is 0.386. The standard InChI is InChI=1S/C25H20BN/c1-15-6-5-8-18-11-19-13-27-14-20-12-22-21-9-4-3-7-17(21)10-16(2)24(22)26(23(15)18)25(19)20/h3-10,13-14H,11-12H2,1-2H3. The minimum absolute atomic E-state index is 0.344. The second-order valence-electron chi connectivity index (χ2n) is 8.11. The third-order valence-corrected chi connectivity index (χ3v) is 6.59. The van der Waals surface area contributed by atoms with Gasteiger partial charge >= 0.3 is 0 Å². The van der Waals surface area contributed by atoms with Gasteiger partial charge in [-0.05, 0) is 59.7 Å². The van der Waals surface area contributed by atoms with E-state index in [1.54, 1.807) is 0 Å². The first kappa shape index (κ1) is 15.2. The maximum Gasteiger partial charge on any atom is 0.243 e. The second kappa shape index (κ2) is 5.33. The topological polar surface area (TPSA) is 12.9 Å². The number of fused-ring (bicyclic) bond motifs is 6. The molecule has 0 bridgehead atoms. The molecule has 4 aromatic rings. The van der Waals surface area contributed by atoms with Crippen LogP contribution in [0.1, 0.15) is 33.4 Å². The Morgan fingerprint density at radius 2 is 1.56 bits per heavy atom. The van der Waals surface area contributed by atoms with E-state index in [4.69, 9.17) is 0 Å². The first-order chi connectivity index (χ1) is 13.2. The molecule has 1 aromatic heterocycles. The number of hydrogen-bond donors (Lipinski definition) is 0. The summed E-state index contributed by atoms with van der Waals surface area (Å²) in [5, 5.41) is 2.75. The molecule has 2 aliphatic heterocycles. The highest BCUT2D eigenvalue weighted by Gasteiger charge is 2.39. The monoisotopic (exact) mass is 345 g/mol. The predicted molar refractivity (Wildman–Crippen MR) is 114 cm³/mol. The Bertz CT molecular complexity index is 1240. The number of nitrogens with zero attached hydrogens (tertiary/aromatic N) is 1. The third kappa shape index (κ3) is 1.99. The molecule has 3 aromatic carbocycles. The molecule has 0 unspecified atom stereocenters. The van der Waals surface area contributed by atoms with E-state index in [9.17, 15) is 0 Å². The van der Waals surface area contributed by atoms with Gasteiger partial charge in [0.1, 0.15) is 0 Å². The van der Waals surface area contributed by atoms with Crippen LogP contribution in [0.2, 0.25) is 0 Å². The van der Waals surface area contributed by atoms with E-state index in [2.05, 4.69) is 79.8 Å². The van der Waals surface area contributed by atoms with Gasteiger partial charge < -0.3 is 0 Å². The van der Waals surface area contributed by atoms with Crippen molar-refractivity contribution in [3.05, 3.63) is 94.3 Å². The zero-order valence-electron chi connectivity index (χ0n) is 15.7. The summed E-state index contributed by atoms with van der Waals surface area (Å²) in [5.74, 6) is 0. The summed E-state index contributed by atoms with van der Waals surface area (Å²) in [7, 11) is 0. The summed E-state index contributed by atoms with van der Waals surface area (Å²) in [6.07, 6.45) is 6.20. The molecule has 6 rings (SSSR count). The number of rotatable bonds is 0. The largest absolute Gasteiger partial charge is 0.264 e. The van der Waals surface area contributed by atoms with Gasteiger partial charge in [-0.25, -0.2) is 0 Å². The van der Waals surface area contributed by atoms with Gasteiger partial charge in [-0.15, -0.1) is 0 Å². The molecule has 27 heavy (non-hydrogen) atoms. The highest BCUT2D eigenvalue weighted by Crippen LogP contribution is 2.28. The number of benzene rings is 3. The van der Waals surface area contributed by atoms with Crippen LogP contribution in [0.25, 0.3) is 10.8 Å². The maximum absolute atomic E-state index is 4.61. The smallest absolute Gasteiger partial charge is 0.243 e. The first-order valence-corrected chi connectivity index (χ1v) is 9.77. The van der Waals surface area contributed by atoms with Gasteiger partial charge in [-0.3, -0.25) is 4.98 Å². The van der Waals surface area contributed by atoms with Crippen LogP contribution in [0, 0.1) is 13.8 Å². The average molecular weight is 345 g/mol. The van der Waals surface area contributed by atoms with Crippen molar-refractivity contribution in [3.63, 3.8) is 0 Å². The van der Waals surface area contributed by atoms with Crippen LogP contribution in [-0.4, -0.2) is 11.7 Å². The van der Waals surface area contributed by atoms with Crippen molar-refractivity contribution in [2.75, 3.05) is 0 Å². The van der Waals surface area contributed by atoms with Gasteiger partial charge in [-0.1, -0.05) is 76.0 Å². The summed E-state index contributed by atoms with van der Waals surface area (Å²) < 4.78 is 0. The zero-order chi connectivity index (χ0) is 18.1. The van der Waals surface area contributed by atoms with Gasteiger partial charge in [-0.2, -0.15) is 0 Å². The van der Waals surface area contributed by atoms with Crippen molar-refractivity contribution in [1.29, 1.82) is 0 Å². The van der Waals surface area contributed by atoms with Crippen LogP contribution in [0.4, 0.5) is 0 Å². The second-order valence-corrected chi connectivity index (χ2v) is 8.11. The molecular formula is C25H20BN. The molecule has 0 radical (unpaired) electrons. The van der Waals surface area contributed by atoms with Crippen LogP contribution < -0.4 is 16.4 Å². The van der Waals surface area contributed by atoms with E-state index >= 15 is 0 Å². The van der Waals surface area contributed by atoms with Crippen molar-refractivity contribution < 1.29 is 0 Å². The molecule has 0 N–H and O–H groups in total. The normalized spacial score (nSPS) is 13.9. The van der Waals surface area contributed by atoms with Crippen molar-refractivity contribution in [2.24, 2.45) is 0 Å². The SMILES string of the molecule is Cc1cccc2c1B1c3c(cncc3Cc3c1c(C)cc1ccccc31)C2. The Kier molecular flexibility index (Phi) is 3.00. The van der Waals surface area contributed by atoms with Gasteiger partial charge in [0.15, 0.2) is 0 Å². The fourth-order valence-electron chi connectivity index (χ4n) is 5.54. The fourth-order valence-corrected chi connectivity index (χ4v) is 5.54. The lowest BCUT2D eigenvalue weighted by Crippen LogP contribution is -2.62. The minimum Gasteiger partial charge on any atom is -0.264 e. The molecule has 0 saturated carbocycles. The van der Waals surface area contributed by atoms with Gasteiger partial charge in [0.05, 0.1) is 0 Å². The summed E-state index contributed by atoms with van der Waals surface area (Å²) in [5.41, 5.74) is 13.2. The minimum atomic E-state index is 0.344. The molecule has 0 saturated heterocycles. The third-order valence-electron chi connectivity index (χ3n) is 6.59. The van der Waals surface area contributed by atoms with E-state index < -0.39 is 0 Å². The van der Waals surface area contributed by atoms with E-state index in [0.29, 0.717) is 6.71 Å². The van der Waals surface area contributed by atoms with Crippen molar-refractivity contribution in [2.45, 2.75) is 26.7 Å². The molecule has 2 heteroatoms. The van der Waals surface area contributed by atoms with E-state index in [0.717, 1.165) is 12.8 Å². The summed E-state index contributed by atoms with van der Waals surface area (Å²) in [4.78, 5) is 4.61. The molecule has 0 spiro atoms. The van der Waals surface area contributed by atoms with Gasteiger partial charge in [0, 0.05) is 12.4 Å². The Morgan fingerprint density at radius 3 is 2.44 bits per heavy atom.